The van der Waals surface area contributed by atoms with Gasteiger partial charge in [-0.15, -0.1) is 0 Å². The monoisotopic (exact) mass is 422 g/mol. The molecule has 0 saturated heterocycles. The molecule has 0 saturated carbocycles. The van der Waals surface area contributed by atoms with E-state index in [0.29, 0.717) is 18.7 Å². The normalized spacial score (nSPS) is 11.8. The third-order valence-electron chi connectivity index (χ3n) is 2.54. The van der Waals surface area contributed by atoms with Gasteiger partial charge in [0.1, 0.15) is 0 Å². The summed E-state index contributed by atoms with van der Waals surface area (Å²) in [6.45, 7) is 0.359. The Balaban J connectivity index is 0.00000529. The Morgan fingerprint density at radius 2 is 1.54 bits per heavy atom. The second-order valence-electron chi connectivity index (χ2n) is 4.56. The Morgan fingerprint density at radius 1 is 0.958 bits per heavy atom. The SMILES string of the molecule is O=S(=O)([O-])CCCNc1ccccc1SSCCCS(=O)(=O)[O-].[Na+]. The molecule has 0 amide bonds. The zero-order valence-electron chi connectivity index (χ0n) is 13.1. The third kappa shape index (κ3) is 12.8. The first kappa shape index (κ1) is 24.5. The fraction of sp³-hybridized carbons (Fsp3) is 0.500. The summed E-state index contributed by atoms with van der Waals surface area (Å²) in [5.41, 5.74) is 0.810. The summed E-state index contributed by atoms with van der Waals surface area (Å²) in [5, 5.41) is 3.07. The van der Waals surface area contributed by atoms with Crippen LogP contribution in [0.25, 0.3) is 0 Å². The van der Waals surface area contributed by atoms with Crippen molar-refractivity contribution in [1.29, 1.82) is 0 Å². The summed E-state index contributed by atoms with van der Waals surface area (Å²) >= 11 is 0. The van der Waals surface area contributed by atoms with Crippen LogP contribution < -0.4 is 34.9 Å². The van der Waals surface area contributed by atoms with Crippen LogP contribution in [0.3, 0.4) is 0 Å². The molecule has 0 aliphatic heterocycles. The van der Waals surface area contributed by atoms with E-state index in [1.165, 1.54) is 21.6 Å². The first-order valence-electron chi connectivity index (χ1n) is 6.67. The van der Waals surface area contributed by atoms with E-state index < -0.39 is 26.0 Å². The molecular weight excluding hydrogens is 405 g/mol. The van der Waals surface area contributed by atoms with Crippen LogP contribution in [0, 0.1) is 0 Å². The third-order valence-corrected chi connectivity index (χ3v) is 6.62. The van der Waals surface area contributed by atoms with Crippen LogP contribution >= 0.6 is 21.6 Å². The van der Waals surface area contributed by atoms with Gasteiger partial charge in [0.2, 0.25) is 0 Å². The molecule has 0 spiro atoms. The van der Waals surface area contributed by atoms with E-state index in [9.17, 15) is 25.9 Å². The maximum Gasteiger partial charge on any atom is 1.00 e. The second kappa shape index (κ2) is 12.0. The molecule has 0 bridgehead atoms. The minimum Gasteiger partial charge on any atom is -0.748 e. The van der Waals surface area contributed by atoms with Crippen LogP contribution in [-0.2, 0) is 20.2 Å². The minimum atomic E-state index is -4.20. The molecule has 1 aromatic rings. The number of anilines is 1. The summed E-state index contributed by atoms with van der Waals surface area (Å²) in [4.78, 5) is 0.910. The van der Waals surface area contributed by atoms with Crippen molar-refractivity contribution in [2.45, 2.75) is 17.7 Å². The predicted molar refractivity (Wildman–Crippen MR) is 91.6 cm³/mol. The molecular formula is C12H17NNaO6S4-. The van der Waals surface area contributed by atoms with Gasteiger partial charge in [0, 0.05) is 34.4 Å². The van der Waals surface area contributed by atoms with E-state index in [1.807, 2.05) is 24.3 Å². The van der Waals surface area contributed by atoms with Crippen LogP contribution in [0.4, 0.5) is 5.69 Å². The van der Waals surface area contributed by atoms with Crippen molar-refractivity contribution in [3.8, 4) is 0 Å². The quantitative estimate of drug-likeness (QED) is 0.201. The van der Waals surface area contributed by atoms with Crippen molar-refractivity contribution < 1.29 is 55.5 Å². The van der Waals surface area contributed by atoms with Gasteiger partial charge in [-0.3, -0.25) is 0 Å². The van der Waals surface area contributed by atoms with Gasteiger partial charge in [0.05, 0.1) is 20.2 Å². The number of nitrogens with one attached hydrogen (secondary N) is 1. The zero-order valence-corrected chi connectivity index (χ0v) is 18.4. The van der Waals surface area contributed by atoms with Crippen molar-refractivity contribution in [3.05, 3.63) is 24.3 Å². The van der Waals surface area contributed by atoms with Crippen molar-refractivity contribution in [2.75, 3.05) is 29.1 Å². The maximum atomic E-state index is 10.5. The Hall–Kier alpha value is 0.540. The summed E-state index contributed by atoms with van der Waals surface area (Å²) in [7, 11) is -5.49. The number of para-hydroxylation sites is 1. The van der Waals surface area contributed by atoms with E-state index in [2.05, 4.69) is 5.32 Å². The standard InChI is InChI=1S/C12H19NO6S4.Na/c14-22(15,16)9-3-7-13-11-5-1-2-6-12(11)21-20-8-4-10-23(17,18)19;/h1-2,5-6,13H,3-4,7-10H2,(H,14,15,16)(H,17,18,19);/q;+1/p-2. The van der Waals surface area contributed by atoms with Gasteiger partial charge >= 0.3 is 29.6 Å². The zero-order chi connectivity index (χ0) is 17.3. The van der Waals surface area contributed by atoms with Crippen molar-refractivity contribution in [3.63, 3.8) is 0 Å². The van der Waals surface area contributed by atoms with Gasteiger partial charge in [-0.2, -0.15) is 0 Å². The van der Waals surface area contributed by atoms with Gasteiger partial charge in [0.15, 0.2) is 0 Å². The maximum absolute atomic E-state index is 10.5. The van der Waals surface area contributed by atoms with Crippen LogP contribution in [0.2, 0.25) is 0 Å². The smallest absolute Gasteiger partial charge is 0.748 e. The van der Waals surface area contributed by atoms with E-state index in [1.54, 1.807) is 0 Å². The van der Waals surface area contributed by atoms with Gasteiger partial charge in [-0.05, 0) is 25.0 Å². The fourth-order valence-corrected chi connectivity index (χ4v) is 4.99. The molecule has 0 unspecified atom stereocenters. The van der Waals surface area contributed by atoms with Crippen LogP contribution in [-0.4, -0.2) is 49.7 Å². The largest absolute Gasteiger partial charge is 1.00 e. The van der Waals surface area contributed by atoms with Crippen molar-refractivity contribution in [1.82, 2.24) is 0 Å². The Labute approximate surface area is 172 Å². The molecule has 7 nitrogen and oxygen atoms in total. The Kier molecular flexibility index (Phi) is 12.3. The predicted octanol–water partition coefficient (Wildman–Crippen LogP) is -1.29. The molecule has 0 fully saturated rings. The first-order valence-corrected chi connectivity index (χ1v) is 12.1. The van der Waals surface area contributed by atoms with E-state index in [4.69, 9.17) is 0 Å². The molecule has 1 rings (SSSR count). The Morgan fingerprint density at radius 3 is 2.17 bits per heavy atom. The van der Waals surface area contributed by atoms with Crippen molar-refractivity contribution in [2.24, 2.45) is 0 Å². The van der Waals surface area contributed by atoms with Gasteiger partial charge < -0.3 is 14.4 Å². The molecule has 0 atom stereocenters. The molecule has 0 aromatic heterocycles. The summed E-state index contributed by atoms with van der Waals surface area (Å²) in [6.07, 6.45) is 0.514. The molecule has 1 aromatic carbocycles. The van der Waals surface area contributed by atoms with Crippen LogP contribution in [0.1, 0.15) is 12.8 Å². The van der Waals surface area contributed by atoms with Crippen LogP contribution in [0.5, 0.6) is 0 Å². The molecule has 12 heteroatoms. The molecule has 1 N–H and O–H groups in total. The molecule has 132 valence electrons. The number of rotatable bonds is 11. The molecule has 0 heterocycles. The van der Waals surface area contributed by atoms with E-state index in [0.717, 1.165) is 10.6 Å². The van der Waals surface area contributed by atoms with E-state index in [-0.39, 0.29) is 41.7 Å². The fourth-order valence-electron chi connectivity index (χ4n) is 1.56. The average Bonchev–Trinajstić information content (AvgIpc) is 2.42. The summed E-state index contributed by atoms with van der Waals surface area (Å²) in [6, 6.07) is 7.37. The van der Waals surface area contributed by atoms with Gasteiger partial charge in [-0.25, -0.2) is 16.8 Å². The summed E-state index contributed by atoms with van der Waals surface area (Å²) in [5.74, 6) is -0.257. The number of hydrogen-bond acceptors (Lipinski definition) is 9. The van der Waals surface area contributed by atoms with Crippen molar-refractivity contribution >= 4 is 47.5 Å². The van der Waals surface area contributed by atoms with Gasteiger partial charge in [-0.1, -0.05) is 33.7 Å². The summed E-state index contributed by atoms with van der Waals surface area (Å²) < 4.78 is 63.0. The molecule has 0 aliphatic rings. The molecule has 0 radical (unpaired) electrons. The number of hydrogen-bond donors (Lipinski definition) is 1. The average molecular weight is 423 g/mol. The first-order chi connectivity index (χ1) is 10.7. The molecule has 0 aliphatic carbocycles. The Bertz CT molecular complexity index is 695. The second-order valence-corrected chi connectivity index (χ2v) is 10.1. The van der Waals surface area contributed by atoms with E-state index >= 15 is 0 Å². The van der Waals surface area contributed by atoms with Gasteiger partial charge in [0.25, 0.3) is 0 Å². The molecule has 24 heavy (non-hydrogen) atoms. The van der Waals surface area contributed by atoms with Crippen LogP contribution in [0.15, 0.2) is 29.2 Å². The number of benzene rings is 1. The minimum absolute atomic E-state index is 0. The topological polar surface area (TPSA) is 126 Å².